The van der Waals surface area contributed by atoms with Crippen LogP contribution in [0.15, 0.2) is 24.3 Å². The molecule has 3 heterocycles. The summed E-state index contributed by atoms with van der Waals surface area (Å²) in [4.78, 5) is 6.61. The van der Waals surface area contributed by atoms with Crippen molar-refractivity contribution in [1.82, 2.24) is 10.3 Å². The molecule has 1 unspecified atom stereocenters. The Labute approximate surface area is 135 Å². The molecule has 3 heteroatoms. The maximum absolute atomic E-state index is 3.72. The number of thiophene rings is 1. The number of aryl methyl sites for hydroxylation is 3. The van der Waals surface area contributed by atoms with E-state index < -0.39 is 0 Å². The van der Waals surface area contributed by atoms with Gasteiger partial charge in [-0.3, -0.25) is 0 Å². The smallest absolute Gasteiger partial charge is 0.0826 e. The molecule has 0 fully saturated rings. The third kappa shape index (κ3) is 2.11. The van der Waals surface area contributed by atoms with E-state index in [9.17, 15) is 0 Å². The number of benzene rings is 1. The standard InChI is InChI=1S/C19H22N2S/c1-4-13-5-6-16(22-13)19-18-14(7-8-20-19)17-12(3)9-11(2)10-15(17)21-18/h5-6,9-10,19-21H,4,7-8H2,1-3H3. The van der Waals surface area contributed by atoms with Crippen LogP contribution in [0.4, 0.5) is 0 Å². The lowest BCUT2D eigenvalue weighted by Gasteiger charge is -2.23. The molecule has 0 saturated heterocycles. The molecule has 2 aromatic heterocycles. The minimum atomic E-state index is 0.321. The fraction of sp³-hybridized carbons (Fsp3) is 0.368. The molecule has 114 valence electrons. The first-order valence-corrected chi connectivity index (χ1v) is 8.92. The van der Waals surface area contributed by atoms with Gasteiger partial charge in [0.25, 0.3) is 0 Å². The van der Waals surface area contributed by atoms with Crippen molar-refractivity contribution in [2.75, 3.05) is 6.54 Å². The number of fused-ring (bicyclic) bond motifs is 3. The van der Waals surface area contributed by atoms with Crippen LogP contribution in [-0.4, -0.2) is 11.5 Å². The number of rotatable bonds is 2. The predicted octanol–water partition coefficient (Wildman–Crippen LogP) is 4.64. The molecule has 0 spiro atoms. The number of aromatic nitrogens is 1. The Bertz CT molecular complexity index is 841. The van der Waals surface area contributed by atoms with Gasteiger partial charge in [0, 0.05) is 32.9 Å². The van der Waals surface area contributed by atoms with Gasteiger partial charge in [0.1, 0.15) is 0 Å². The van der Waals surface area contributed by atoms with Gasteiger partial charge in [-0.25, -0.2) is 0 Å². The van der Waals surface area contributed by atoms with Crippen LogP contribution in [0.5, 0.6) is 0 Å². The van der Waals surface area contributed by atoms with Crippen LogP contribution in [0.25, 0.3) is 10.9 Å². The lowest BCUT2D eigenvalue weighted by molar-refractivity contribution is 0.567. The van der Waals surface area contributed by atoms with Gasteiger partial charge in [-0.05, 0) is 61.6 Å². The van der Waals surface area contributed by atoms with Gasteiger partial charge in [0.15, 0.2) is 0 Å². The fourth-order valence-corrected chi connectivity index (χ4v) is 4.79. The van der Waals surface area contributed by atoms with Crippen LogP contribution in [0.1, 0.15) is 45.1 Å². The number of hydrogen-bond acceptors (Lipinski definition) is 2. The van der Waals surface area contributed by atoms with Crippen LogP contribution < -0.4 is 5.32 Å². The first-order valence-electron chi connectivity index (χ1n) is 8.11. The Kier molecular flexibility index (Phi) is 3.35. The molecule has 2 nitrogen and oxygen atoms in total. The zero-order chi connectivity index (χ0) is 15.3. The topological polar surface area (TPSA) is 27.8 Å². The Hall–Kier alpha value is -1.58. The molecule has 0 bridgehead atoms. The maximum atomic E-state index is 3.72. The van der Waals surface area contributed by atoms with E-state index in [4.69, 9.17) is 0 Å². The lowest BCUT2D eigenvalue weighted by atomic mass is 9.96. The van der Waals surface area contributed by atoms with E-state index in [1.807, 2.05) is 11.3 Å². The minimum absolute atomic E-state index is 0.321. The summed E-state index contributed by atoms with van der Waals surface area (Å²) < 4.78 is 0. The highest BCUT2D eigenvalue weighted by Gasteiger charge is 2.26. The number of H-pyrrole nitrogens is 1. The van der Waals surface area contributed by atoms with E-state index in [0.717, 1.165) is 19.4 Å². The summed E-state index contributed by atoms with van der Waals surface area (Å²) in [5, 5.41) is 5.15. The van der Waals surface area contributed by atoms with Gasteiger partial charge in [-0.15, -0.1) is 11.3 Å². The highest BCUT2D eigenvalue weighted by atomic mass is 32.1. The second-order valence-electron chi connectivity index (χ2n) is 6.32. The zero-order valence-electron chi connectivity index (χ0n) is 13.4. The molecular weight excluding hydrogens is 288 g/mol. The summed E-state index contributed by atoms with van der Waals surface area (Å²) in [6.45, 7) is 7.69. The maximum Gasteiger partial charge on any atom is 0.0826 e. The van der Waals surface area contributed by atoms with Crippen molar-refractivity contribution in [2.24, 2.45) is 0 Å². The van der Waals surface area contributed by atoms with E-state index in [2.05, 4.69) is 55.3 Å². The molecule has 4 rings (SSSR count). The molecule has 1 aliphatic heterocycles. The van der Waals surface area contributed by atoms with Gasteiger partial charge in [0.2, 0.25) is 0 Å². The van der Waals surface area contributed by atoms with Crippen molar-refractivity contribution in [3.63, 3.8) is 0 Å². The number of hydrogen-bond donors (Lipinski definition) is 2. The van der Waals surface area contributed by atoms with Crippen molar-refractivity contribution < 1.29 is 0 Å². The SMILES string of the molecule is CCc1ccc(C2NCCc3c2[nH]c2cc(C)cc(C)c32)s1. The van der Waals surface area contributed by atoms with Crippen molar-refractivity contribution in [3.8, 4) is 0 Å². The monoisotopic (exact) mass is 310 g/mol. The predicted molar refractivity (Wildman–Crippen MR) is 95.0 cm³/mol. The third-order valence-electron chi connectivity index (χ3n) is 4.70. The Balaban J connectivity index is 1.89. The van der Waals surface area contributed by atoms with Gasteiger partial charge < -0.3 is 10.3 Å². The molecule has 0 aliphatic carbocycles. The molecule has 1 aromatic carbocycles. The molecule has 1 aliphatic rings. The Morgan fingerprint density at radius 1 is 1.23 bits per heavy atom. The fourth-order valence-electron chi connectivity index (χ4n) is 3.75. The summed E-state index contributed by atoms with van der Waals surface area (Å²) in [5.74, 6) is 0. The van der Waals surface area contributed by atoms with Crippen molar-refractivity contribution in [3.05, 3.63) is 56.4 Å². The quantitative estimate of drug-likeness (QED) is 0.709. The van der Waals surface area contributed by atoms with Gasteiger partial charge in [-0.2, -0.15) is 0 Å². The highest BCUT2D eigenvalue weighted by Crippen LogP contribution is 2.37. The summed E-state index contributed by atoms with van der Waals surface area (Å²) in [6, 6.07) is 9.46. The molecule has 1 atom stereocenters. The van der Waals surface area contributed by atoms with E-state index in [1.165, 1.54) is 43.0 Å². The molecule has 0 saturated carbocycles. The summed E-state index contributed by atoms with van der Waals surface area (Å²) in [5.41, 5.74) is 6.91. The Morgan fingerprint density at radius 3 is 2.86 bits per heavy atom. The van der Waals surface area contributed by atoms with Crippen LogP contribution in [0.3, 0.4) is 0 Å². The van der Waals surface area contributed by atoms with E-state index >= 15 is 0 Å². The molecular formula is C19H22N2S. The van der Waals surface area contributed by atoms with Gasteiger partial charge in [-0.1, -0.05) is 13.0 Å². The number of aromatic amines is 1. The largest absolute Gasteiger partial charge is 0.357 e. The number of nitrogens with one attached hydrogen (secondary N) is 2. The summed E-state index contributed by atoms with van der Waals surface area (Å²) in [6.07, 6.45) is 2.23. The van der Waals surface area contributed by atoms with Gasteiger partial charge in [0.05, 0.1) is 6.04 Å². The average Bonchev–Trinajstić information content (AvgIpc) is 3.10. The molecule has 3 aromatic rings. The second kappa shape index (κ2) is 5.25. The lowest BCUT2D eigenvalue weighted by Crippen LogP contribution is -2.29. The van der Waals surface area contributed by atoms with E-state index in [1.54, 1.807) is 0 Å². The Morgan fingerprint density at radius 2 is 2.09 bits per heavy atom. The van der Waals surface area contributed by atoms with Crippen molar-refractivity contribution in [1.29, 1.82) is 0 Å². The first kappa shape index (κ1) is 14.0. The minimum Gasteiger partial charge on any atom is -0.357 e. The van der Waals surface area contributed by atoms with Gasteiger partial charge >= 0.3 is 0 Å². The van der Waals surface area contributed by atoms with Crippen LogP contribution in [-0.2, 0) is 12.8 Å². The summed E-state index contributed by atoms with van der Waals surface area (Å²) >= 11 is 1.94. The molecule has 22 heavy (non-hydrogen) atoms. The highest BCUT2D eigenvalue weighted by molar-refractivity contribution is 7.12. The van der Waals surface area contributed by atoms with Crippen LogP contribution >= 0.6 is 11.3 Å². The second-order valence-corrected chi connectivity index (χ2v) is 7.52. The van der Waals surface area contributed by atoms with E-state index in [-0.39, 0.29) is 0 Å². The van der Waals surface area contributed by atoms with Crippen molar-refractivity contribution in [2.45, 2.75) is 39.7 Å². The van der Waals surface area contributed by atoms with Crippen LogP contribution in [0.2, 0.25) is 0 Å². The molecule has 0 amide bonds. The van der Waals surface area contributed by atoms with Crippen molar-refractivity contribution >= 4 is 22.2 Å². The zero-order valence-corrected chi connectivity index (χ0v) is 14.2. The average molecular weight is 310 g/mol. The first-order chi connectivity index (χ1) is 10.7. The van der Waals surface area contributed by atoms with Crippen LogP contribution in [0, 0.1) is 13.8 Å². The van der Waals surface area contributed by atoms with E-state index in [0.29, 0.717) is 6.04 Å². The normalized spacial score (nSPS) is 17.9. The molecule has 2 N–H and O–H groups in total. The summed E-state index contributed by atoms with van der Waals surface area (Å²) in [7, 11) is 0. The third-order valence-corrected chi connectivity index (χ3v) is 6.00. The molecule has 0 radical (unpaired) electrons.